The molecule has 0 spiro atoms. The molecule has 0 aromatic heterocycles. The lowest BCUT2D eigenvalue weighted by molar-refractivity contribution is 0.0691. The fraction of sp³-hybridized carbons (Fsp3) is 0.0714. The van der Waals surface area contributed by atoms with Gasteiger partial charge in [0, 0.05) is 15.1 Å². The van der Waals surface area contributed by atoms with Gasteiger partial charge in [0.25, 0.3) is 0 Å². The van der Waals surface area contributed by atoms with Gasteiger partial charge in [-0.15, -0.1) is 0 Å². The minimum absolute atomic E-state index is 0.0455. The summed E-state index contributed by atoms with van der Waals surface area (Å²) in [7, 11) is 0. The highest BCUT2D eigenvalue weighted by molar-refractivity contribution is 9.10. The molecule has 7 heteroatoms. The van der Waals surface area contributed by atoms with Crippen LogP contribution in [0.15, 0.2) is 34.8 Å². The molecule has 0 atom stereocenters. The van der Waals surface area contributed by atoms with Gasteiger partial charge in [0.2, 0.25) is 0 Å². The number of carbonyl (C=O) groups is 1. The maximum atomic E-state index is 13.7. The van der Waals surface area contributed by atoms with Crippen LogP contribution in [0.2, 0.25) is 10.0 Å². The van der Waals surface area contributed by atoms with Crippen LogP contribution in [0.4, 0.5) is 4.39 Å². The topological polar surface area (TPSA) is 46.5 Å². The summed E-state index contributed by atoms with van der Waals surface area (Å²) < 4.78 is 19.7. The quantitative estimate of drug-likeness (QED) is 0.779. The number of benzene rings is 2. The monoisotopic (exact) mass is 392 g/mol. The fourth-order valence-corrected chi connectivity index (χ4v) is 2.54. The van der Waals surface area contributed by atoms with E-state index in [1.54, 1.807) is 6.07 Å². The van der Waals surface area contributed by atoms with E-state index < -0.39 is 11.8 Å². The molecular weight excluding hydrogens is 386 g/mol. The van der Waals surface area contributed by atoms with Gasteiger partial charge in [-0.2, -0.15) is 0 Å². The highest BCUT2D eigenvalue weighted by atomic mass is 79.9. The molecule has 0 saturated heterocycles. The first-order valence-corrected chi connectivity index (χ1v) is 7.22. The second kappa shape index (κ2) is 6.64. The number of rotatable bonds is 4. The van der Waals surface area contributed by atoms with E-state index in [-0.39, 0.29) is 33.5 Å². The van der Waals surface area contributed by atoms with Crippen LogP contribution < -0.4 is 4.74 Å². The highest BCUT2D eigenvalue weighted by Crippen LogP contribution is 2.33. The third-order valence-corrected chi connectivity index (χ3v) is 3.62. The van der Waals surface area contributed by atoms with Crippen LogP contribution in [0.25, 0.3) is 0 Å². The molecule has 0 unspecified atom stereocenters. The van der Waals surface area contributed by atoms with E-state index >= 15 is 0 Å². The molecule has 3 nitrogen and oxygen atoms in total. The molecule has 0 bridgehead atoms. The van der Waals surface area contributed by atoms with Gasteiger partial charge in [-0.1, -0.05) is 45.2 Å². The molecule has 1 N–H and O–H groups in total. The fourth-order valence-electron chi connectivity index (χ4n) is 1.65. The van der Waals surface area contributed by atoms with Crippen LogP contribution in [-0.4, -0.2) is 11.1 Å². The van der Waals surface area contributed by atoms with Gasteiger partial charge < -0.3 is 9.84 Å². The van der Waals surface area contributed by atoms with Crippen molar-refractivity contribution in [3.63, 3.8) is 0 Å². The largest absolute Gasteiger partial charge is 0.486 e. The van der Waals surface area contributed by atoms with Crippen molar-refractivity contribution in [2.45, 2.75) is 6.61 Å². The lowest BCUT2D eigenvalue weighted by atomic mass is 10.2. The first-order chi connectivity index (χ1) is 9.88. The number of ether oxygens (including phenoxy) is 1. The zero-order chi connectivity index (χ0) is 15.6. The van der Waals surface area contributed by atoms with E-state index in [9.17, 15) is 9.18 Å². The summed E-state index contributed by atoms with van der Waals surface area (Å²) in [5.41, 5.74) is 0.102. The number of hydrogen-bond acceptors (Lipinski definition) is 2. The Morgan fingerprint density at radius 2 is 2.00 bits per heavy atom. The molecule has 110 valence electrons. The molecule has 0 aliphatic carbocycles. The van der Waals surface area contributed by atoms with Crippen molar-refractivity contribution in [1.82, 2.24) is 0 Å². The van der Waals surface area contributed by atoms with Crippen LogP contribution in [0.3, 0.4) is 0 Å². The lowest BCUT2D eigenvalue weighted by Crippen LogP contribution is -2.05. The molecule has 0 aliphatic heterocycles. The minimum Gasteiger partial charge on any atom is -0.486 e. The summed E-state index contributed by atoms with van der Waals surface area (Å²) in [6.07, 6.45) is 0. The molecule has 0 aliphatic rings. The molecule has 0 radical (unpaired) electrons. The zero-order valence-corrected chi connectivity index (χ0v) is 13.5. The number of aromatic carboxylic acids is 1. The van der Waals surface area contributed by atoms with Gasteiger partial charge in [-0.3, -0.25) is 0 Å². The molecule has 2 rings (SSSR count). The van der Waals surface area contributed by atoms with Crippen molar-refractivity contribution in [1.29, 1.82) is 0 Å². The Hall–Kier alpha value is -1.30. The van der Waals surface area contributed by atoms with Crippen LogP contribution in [0.5, 0.6) is 5.75 Å². The third kappa shape index (κ3) is 3.87. The Balaban J connectivity index is 2.29. The summed E-state index contributed by atoms with van der Waals surface area (Å²) in [6, 6.07) is 7.07. The summed E-state index contributed by atoms with van der Waals surface area (Å²) >= 11 is 14.8. The summed E-state index contributed by atoms with van der Waals surface area (Å²) in [6.45, 7) is -0.152. The maximum Gasteiger partial charge on any atom is 0.339 e. The number of halogens is 4. The second-order valence-electron chi connectivity index (χ2n) is 4.09. The lowest BCUT2D eigenvalue weighted by Gasteiger charge is -2.12. The Labute approximate surface area is 138 Å². The SMILES string of the molecule is O=C(O)c1cc(Cl)cc(Cl)c1OCc1ccc(Br)cc1F. The number of hydrogen-bond donors (Lipinski definition) is 1. The number of carboxylic acid groups (broad SMARTS) is 1. The predicted molar refractivity (Wildman–Crippen MR) is 81.9 cm³/mol. The molecule has 0 amide bonds. The van der Waals surface area contributed by atoms with E-state index in [4.69, 9.17) is 33.0 Å². The molecule has 2 aromatic carbocycles. The van der Waals surface area contributed by atoms with Gasteiger partial charge in [0.15, 0.2) is 5.75 Å². The van der Waals surface area contributed by atoms with Crippen molar-refractivity contribution >= 4 is 45.1 Å². The Bertz CT molecular complexity index is 707. The standard InChI is InChI=1S/C14H8BrCl2FO3/c15-8-2-1-7(12(18)3-8)6-21-13-10(14(19)20)4-9(16)5-11(13)17/h1-5H,6H2,(H,19,20). The average Bonchev–Trinajstić information content (AvgIpc) is 2.38. The molecule has 0 saturated carbocycles. The number of carboxylic acids is 1. The summed E-state index contributed by atoms with van der Waals surface area (Å²) in [5.74, 6) is -1.74. The van der Waals surface area contributed by atoms with E-state index in [2.05, 4.69) is 15.9 Å². The Morgan fingerprint density at radius 3 is 2.62 bits per heavy atom. The third-order valence-electron chi connectivity index (χ3n) is 2.63. The van der Waals surface area contributed by atoms with Crippen molar-refractivity contribution in [3.05, 3.63) is 61.8 Å². The van der Waals surface area contributed by atoms with Gasteiger partial charge in [0.1, 0.15) is 18.0 Å². The Morgan fingerprint density at radius 1 is 1.29 bits per heavy atom. The van der Waals surface area contributed by atoms with Gasteiger partial charge in [-0.25, -0.2) is 9.18 Å². The smallest absolute Gasteiger partial charge is 0.339 e. The predicted octanol–water partition coefficient (Wildman–Crippen LogP) is 5.17. The molecular formula is C14H8BrCl2FO3. The van der Waals surface area contributed by atoms with E-state index in [1.165, 1.54) is 24.3 Å². The van der Waals surface area contributed by atoms with Crippen LogP contribution >= 0.6 is 39.1 Å². The maximum absolute atomic E-state index is 13.7. The zero-order valence-electron chi connectivity index (χ0n) is 10.4. The van der Waals surface area contributed by atoms with Crippen LogP contribution in [0.1, 0.15) is 15.9 Å². The first-order valence-electron chi connectivity index (χ1n) is 5.67. The highest BCUT2D eigenvalue weighted by Gasteiger charge is 2.17. The van der Waals surface area contributed by atoms with Gasteiger partial charge >= 0.3 is 5.97 Å². The molecule has 2 aromatic rings. The van der Waals surface area contributed by atoms with E-state index in [0.29, 0.717) is 4.47 Å². The van der Waals surface area contributed by atoms with E-state index in [1.807, 2.05) is 0 Å². The van der Waals surface area contributed by atoms with Crippen molar-refractivity contribution < 1.29 is 19.0 Å². The van der Waals surface area contributed by atoms with Crippen LogP contribution in [-0.2, 0) is 6.61 Å². The van der Waals surface area contributed by atoms with Crippen molar-refractivity contribution in [2.24, 2.45) is 0 Å². The van der Waals surface area contributed by atoms with Crippen molar-refractivity contribution in [2.75, 3.05) is 0 Å². The average molecular weight is 394 g/mol. The first kappa shape index (κ1) is 16.1. The molecule has 0 heterocycles. The van der Waals surface area contributed by atoms with Crippen molar-refractivity contribution in [3.8, 4) is 5.75 Å². The molecule has 0 fully saturated rings. The summed E-state index contributed by atoms with van der Waals surface area (Å²) in [5, 5.41) is 9.36. The normalized spacial score (nSPS) is 10.5. The summed E-state index contributed by atoms with van der Waals surface area (Å²) in [4.78, 5) is 11.2. The van der Waals surface area contributed by atoms with Crippen LogP contribution in [0, 0.1) is 5.82 Å². The minimum atomic E-state index is -1.23. The molecule has 21 heavy (non-hydrogen) atoms. The second-order valence-corrected chi connectivity index (χ2v) is 5.85. The van der Waals surface area contributed by atoms with E-state index in [0.717, 1.165) is 0 Å². The Kier molecular flexibility index (Phi) is 5.08. The van der Waals surface area contributed by atoms with Gasteiger partial charge in [-0.05, 0) is 24.3 Å². The van der Waals surface area contributed by atoms with Gasteiger partial charge in [0.05, 0.1) is 5.02 Å².